The standard InChI is InChI=1S/C21H29N5O2/c1-16-22-20(24-23-16)19-7-10-25(21(27)18-8-13-28-14-9-18)11-12-26(19)15-17-5-3-2-4-6-17/h2-6,18-19H,7-15H2,1H3,(H,22,23,24). The van der Waals surface area contributed by atoms with E-state index in [1.165, 1.54) is 5.56 Å². The minimum Gasteiger partial charge on any atom is -0.381 e. The maximum Gasteiger partial charge on any atom is 0.225 e. The maximum atomic E-state index is 13.0. The van der Waals surface area contributed by atoms with Gasteiger partial charge in [0.1, 0.15) is 5.82 Å². The Labute approximate surface area is 166 Å². The lowest BCUT2D eigenvalue weighted by Crippen LogP contribution is -2.40. The van der Waals surface area contributed by atoms with Crippen LogP contribution in [0.4, 0.5) is 0 Å². The Balaban J connectivity index is 1.50. The molecule has 0 bridgehead atoms. The summed E-state index contributed by atoms with van der Waals surface area (Å²) < 4.78 is 5.42. The topological polar surface area (TPSA) is 74.4 Å². The molecule has 1 N–H and O–H groups in total. The summed E-state index contributed by atoms with van der Waals surface area (Å²) in [4.78, 5) is 22.1. The van der Waals surface area contributed by atoms with Crippen molar-refractivity contribution in [3.05, 3.63) is 47.5 Å². The van der Waals surface area contributed by atoms with Gasteiger partial charge < -0.3 is 9.64 Å². The molecule has 28 heavy (non-hydrogen) atoms. The summed E-state index contributed by atoms with van der Waals surface area (Å²) in [6, 6.07) is 10.6. The fourth-order valence-corrected chi connectivity index (χ4v) is 4.21. The van der Waals surface area contributed by atoms with Crippen LogP contribution in [-0.2, 0) is 16.1 Å². The van der Waals surface area contributed by atoms with Gasteiger partial charge in [0.25, 0.3) is 0 Å². The lowest BCUT2D eigenvalue weighted by molar-refractivity contribution is -0.138. The highest BCUT2D eigenvalue weighted by atomic mass is 16.5. The van der Waals surface area contributed by atoms with Gasteiger partial charge in [-0.3, -0.25) is 14.8 Å². The highest BCUT2D eigenvalue weighted by Crippen LogP contribution is 2.28. The number of ether oxygens (including phenoxy) is 1. The van der Waals surface area contributed by atoms with E-state index in [1.54, 1.807) is 0 Å². The number of amides is 1. The molecule has 4 rings (SSSR count). The van der Waals surface area contributed by atoms with E-state index in [0.717, 1.165) is 57.1 Å². The summed E-state index contributed by atoms with van der Waals surface area (Å²) in [5.41, 5.74) is 1.27. The summed E-state index contributed by atoms with van der Waals surface area (Å²) in [6.45, 7) is 6.48. The van der Waals surface area contributed by atoms with E-state index in [4.69, 9.17) is 4.74 Å². The molecule has 7 nitrogen and oxygen atoms in total. The molecule has 1 atom stereocenters. The van der Waals surface area contributed by atoms with Crippen LogP contribution in [0.15, 0.2) is 30.3 Å². The molecule has 150 valence electrons. The largest absolute Gasteiger partial charge is 0.381 e. The van der Waals surface area contributed by atoms with E-state index >= 15 is 0 Å². The predicted molar refractivity (Wildman–Crippen MR) is 105 cm³/mol. The van der Waals surface area contributed by atoms with Gasteiger partial charge in [-0.1, -0.05) is 30.3 Å². The first-order valence-corrected chi connectivity index (χ1v) is 10.2. The Bertz CT molecular complexity index is 772. The molecule has 2 fully saturated rings. The second kappa shape index (κ2) is 8.84. The molecule has 0 aliphatic carbocycles. The quantitative estimate of drug-likeness (QED) is 0.877. The zero-order chi connectivity index (χ0) is 19.3. The molecule has 2 saturated heterocycles. The smallest absolute Gasteiger partial charge is 0.225 e. The van der Waals surface area contributed by atoms with E-state index in [0.29, 0.717) is 13.2 Å². The number of nitrogens with one attached hydrogen (secondary N) is 1. The minimum absolute atomic E-state index is 0.109. The molecule has 0 radical (unpaired) electrons. The molecule has 3 heterocycles. The Morgan fingerprint density at radius 2 is 1.93 bits per heavy atom. The minimum atomic E-state index is 0.109. The summed E-state index contributed by atoms with van der Waals surface area (Å²) >= 11 is 0. The van der Waals surface area contributed by atoms with Crippen molar-refractivity contribution in [1.82, 2.24) is 25.0 Å². The zero-order valence-corrected chi connectivity index (χ0v) is 16.5. The molecule has 2 aliphatic rings. The Morgan fingerprint density at radius 3 is 2.64 bits per heavy atom. The van der Waals surface area contributed by atoms with Crippen molar-refractivity contribution in [2.75, 3.05) is 32.8 Å². The van der Waals surface area contributed by atoms with Crippen LogP contribution < -0.4 is 0 Å². The SMILES string of the molecule is Cc1nc(C2CCN(C(=O)C3CCOCC3)CCN2Cc2ccccc2)n[nH]1. The van der Waals surface area contributed by atoms with Crippen molar-refractivity contribution < 1.29 is 9.53 Å². The van der Waals surface area contributed by atoms with Crippen LogP contribution in [0.25, 0.3) is 0 Å². The van der Waals surface area contributed by atoms with Crippen LogP contribution in [0.5, 0.6) is 0 Å². The van der Waals surface area contributed by atoms with Gasteiger partial charge in [-0.25, -0.2) is 4.98 Å². The van der Waals surface area contributed by atoms with Crippen molar-refractivity contribution in [3.63, 3.8) is 0 Å². The third-order valence-corrected chi connectivity index (χ3v) is 5.79. The predicted octanol–water partition coefficient (Wildman–Crippen LogP) is 2.32. The first-order valence-electron chi connectivity index (χ1n) is 10.2. The number of H-pyrrole nitrogens is 1. The van der Waals surface area contributed by atoms with Crippen molar-refractivity contribution in [2.24, 2.45) is 5.92 Å². The monoisotopic (exact) mass is 383 g/mol. The first-order chi connectivity index (χ1) is 13.7. The van der Waals surface area contributed by atoms with Crippen molar-refractivity contribution in [3.8, 4) is 0 Å². The third kappa shape index (κ3) is 4.42. The van der Waals surface area contributed by atoms with Crippen LogP contribution in [0, 0.1) is 12.8 Å². The average Bonchev–Trinajstić information content (AvgIpc) is 3.05. The van der Waals surface area contributed by atoms with Gasteiger partial charge in [0.2, 0.25) is 5.91 Å². The lowest BCUT2D eigenvalue weighted by Gasteiger charge is -2.28. The number of aryl methyl sites for hydroxylation is 1. The van der Waals surface area contributed by atoms with Crippen molar-refractivity contribution in [2.45, 2.75) is 38.8 Å². The molecule has 1 amide bonds. The van der Waals surface area contributed by atoms with Crippen LogP contribution in [0.3, 0.4) is 0 Å². The van der Waals surface area contributed by atoms with Gasteiger partial charge in [-0.05, 0) is 31.7 Å². The summed E-state index contributed by atoms with van der Waals surface area (Å²) in [6.07, 6.45) is 2.53. The van der Waals surface area contributed by atoms with Crippen molar-refractivity contribution in [1.29, 1.82) is 0 Å². The van der Waals surface area contributed by atoms with Gasteiger partial charge in [0, 0.05) is 45.3 Å². The highest BCUT2D eigenvalue weighted by molar-refractivity contribution is 5.79. The number of nitrogens with zero attached hydrogens (tertiary/aromatic N) is 4. The Hall–Kier alpha value is -2.25. The molecule has 1 unspecified atom stereocenters. The molecule has 1 aromatic carbocycles. The number of rotatable bonds is 4. The zero-order valence-electron chi connectivity index (χ0n) is 16.5. The summed E-state index contributed by atoms with van der Waals surface area (Å²) in [5, 5.41) is 7.41. The van der Waals surface area contributed by atoms with E-state index in [2.05, 4.69) is 44.3 Å². The highest BCUT2D eigenvalue weighted by Gasteiger charge is 2.32. The Kier molecular flexibility index (Phi) is 6.02. The van der Waals surface area contributed by atoms with Crippen LogP contribution in [0.2, 0.25) is 0 Å². The van der Waals surface area contributed by atoms with E-state index in [9.17, 15) is 4.79 Å². The van der Waals surface area contributed by atoms with Gasteiger partial charge in [0.15, 0.2) is 5.82 Å². The Morgan fingerprint density at radius 1 is 1.14 bits per heavy atom. The van der Waals surface area contributed by atoms with Gasteiger partial charge in [-0.15, -0.1) is 0 Å². The third-order valence-electron chi connectivity index (χ3n) is 5.79. The number of hydrogen-bond donors (Lipinski definition) is 1. The molecule has 1 aromatic heterocycles. The van der Waals surface area contributed by atoms with Gasteiger partial charge >= 0.3 is 0 Å². The van der Waals surface area contributed by atoms with E-state index in [1.807, 2.05) is 17.9 Å². The molecule has 0 saturated carbocycles. The second-order valence-electron chi connectivity index (χ2n) is 7.75. The maximum absolute atomic E-state index is 13.0. The number of hydrogen-bond acceptors (Lipinski definition) is 5. The normalized spacial score (nSPS) is 22.2. The summed E-state index contributed by atoms with van der Waals surface area (Å²) in [5.74, 6) is 2.05. The number of carbonyl (C=O) groups excluding carboxylic acids is 1. The van der Waals surface area contributed by atoms with Crippen molar-refractivity contribution >= 4 is 5.91 Å². The first kappa shape index (κ1) is 19.1. The summed E-state index contributed by atoms with van der Waals surface area (Å²) in [7, 11) is 0. The fraction of sp³-hybridized carbons (Fsp3) is 0.571. The van der Waals surface area contributed by atoms with E-state index in [-0.39, 0.29) is 17.9 Å². The number of aromatic amines is 1. The van der Waals surface area contributed by atoms with Crippen LogP contribution >= 0.6 is 0 Å². The van der Waals surface area contributed by atoms with E-state index < -0.39 is 0 Å². The lowest BCUT2D eigenvalue weighted by atomic mass is 9.98. The molecule has 7 heteroatoms. The molecular formula is C21H29N5O2. The van der Waals surface area contributed by atoms with Gasteiger partial charge in [-0.2, -0.15) is 5.10 Å². The molecule has 0 spiro atoms. The second-order valence-corrected chi connectivity index (χ2v) is 7.75. The van der Waals surface area contributed by atoms with Crippen LogP contribution in [-0.4, -0.2) is 63.7 Å². The molecular weight excluding hydrogens is 354 g/mol. The number of benzene rings is 1. The fourth-order valence-electron chi connectivity index (χ4n) is 4.21. The number of aromatic nitrogens is 3. The number of carbonyl (C=O) groups is 1. The molecule has 2 aliphatic heterocycles. The molecule has 2 aromatic rings. The van der Waals surface area contributed by atoms with Gasteiger partial charge in [0.05, 0.1) is 6.04 Å². The average molecular weight is 383 g/mol. The van der Waals surface area contributed by atoms with Crippen LogP contribution in [0.1, 0.15) is 42.5 Å².